The molecule has 1 rings (SSSR count). The number of nitrogens with zero attached hydrogens (tertiary/aromatic N) is 1. The predicted octanol–water partition coefficient (Wildman–Crippen LogP) is 0.333. The Kier molecular flexibility index (Phi) is 2.67. The van der Waals surface area contributed by atoms with Crippen LogP contribution < -0.4 is 0 Å². The number of methoxy groups -OCH3 is 1. The first-order valence-corrected chi connectivity index (χ1v) is 5.90. The minimum atomic E-state index is -3.32. The van der Waals surface area contributed by atoms with Crippen LogP contribution in [-0.2, 0) is 14.6 Å². The highest BCUT2D eigenvalue weighted by Gasteiger charge is 2.16. The van der Waals surface area contributed by atoms with Crippen molar-refractivity contribution < 1.29 is 17.9 Å². The molecule has 7 heteroatoms. The number of ether oxygens (including phenoxy) is 1. The first kappa shape index (κ1) is 10.1. The van der Waals surface area contributed by atoms with E-state index < -0.39 is 15.8 Å². The van der Waals surface area contributed by atoms with E-state index in [2.05, 4.69) is 9.72 Å². The Bertz CT molecular complexity index is 420. The standard InChI is InChI=1S/C6H7NO4S2/c1-11-5(8)4-3-7-6(12-4)13(2,9)10/h3H,1-2H3. The van der Waals surface area contributed by atoms with Gasteiger partial charge >= 0.3 is 5.97 Å². The summed E-state index contributed by atoms with van der Waals surface area (Å²) in [4.78, 5) is 14.7. The lowest BCUT2D eigenvalue weighted by atomic mass is 10.6. The molecule has 0 aliphatic carbocycles. The summed E-state index contributed by atoms with van der Waals surface area (Å²) in [5.41, 5.74) is 0. The maximum atomic E-state index is 11.0. The Morgan fingerprint density at radius 3 is 2.62 bits per heavy atom. The number of thiazole rings is 1. The van der Waals surface area contributed by atoms with E-state index in [1.807, 2.05) is 0 Å². The molecule has 0 saturated heterocycles. The van der Waals surface area contributed by atoms with E-state index in [1.165, 1.54) is 13.3 Å². The summed E-state index contributed by atoms with van der Waals surface area (Å²) in [7, 11) is -2.10. The quantitative estimate of drug-likeness (QED) is 0.673. The van der Waals surface area contributed by atoms with Crippen LogP contribution in [0.3, 0.4) is 0 Å². The van der Waals surface area contributed by atoms with Crippen molar-refractivity contribution in [3.63, 3.8) is 0 Å². The monoisotopic (exact) mass is 221 g/mol. The second-order valence-corrected chi connectivity index (χ2v) is 5.47. The third kappa shape index (κ3) is 2.25. The van der Waals surface area contributed by atoms with Crippen LogP contribution in [0.15, 0.2) is 10.5 Å². The van der Waals surface area contributed by atoms with Crippen molar-refractivity contribution >= 4 is 27.1 Å². The van der Waals surface area contributed by atoms with Gasteiger partial charge in [0, 0.05) is 6.26 Å². The van der Waals surface area contributed by atoms with Gasteiger partial charge in [0.25, 0.3) is 0 Å². The minimum Gasteiger partial charge on any atom is -0.465 e. The van der Waals surface area contributed by atoms with Gasteiger partial charge in [-0.15, -0.1) is 0 Å². The van der Waals surface area contributed by atoms with Crippen LogP contribution in [0.5, 0.6) is 0 Å². The van der Waals surface area contributed by atoms with Gasteiger partial charge in [0.05, 0.1) is 13.3 Å². The third-order valence-corrected chi connectivity index (χ3v) is 3.86. The Morgan fingerprint density at radius 2 is 2.23 bits per heavy atom. The van der Waals surface area contributed by atoms with E-state index in [-0.39, 0.29) is 9.22 Å². The van der Waals surface area contributed by atoms with Crippen LogP contribution >= 0.6 is 11.3 Å². The zero-order chi connectivity index (χ0) is 10.1. The number of sulfone groups is 1. The Balaban J connectivity index is 3.07. The molecular formula is C6H7NO4S2. The molecule has 1 heterocycles. The number of carbonyl (C=O) groups excluding carboxylic acids is 1. The largest absolute Gasteiger partial charge is 0.465 e. The van der Waals surface area contributed by atoms with Crippen molar-refractivity contribution in [2.45, 2.75) is 4.34 Å². The van der Waals surface area contributed by atoms with Crippen LogP contribution in [0.4, 0.5) is 0 Å². The summed E-state index contributed by atoms with van der Waals surface area (Å²) in [5.74, 6) is -0.576. The van der Waals surface area contributed by atoms with Crippen LogP contribution in [-0.4, -0.2) is 32.7 Å². The number of hydrogen-bond acceptors (Lipinski definition) is 6. The smallest absolute Gasteiger partial charge is 0.349 e. The molecule has 0 aromatic carbocycles. The Labute approximate surface area is 79.3 Å². The topological polar surface area (TPSA) is 73.3 Å². The van der Waals surface area contributed by atoms with Gasteiger partial charge in [0.15, 0.2) is 0 Å². The summed E-state index contributed by atoms with van der Waals surface area (Å²) in [6.45, 7) is 0. The van der Waals surface area contributed by atoms with Gasteiger partial charge in [-0.2, -0.15) is 0 Å². The van der Waals surface area contributed by atoms with Crippen molar-refractivity contribution in [2.75, 3.05) is 13.4 Å². The van der Waals surface area contributed by atoms with Gasteiger partial charge in [-0.3, -0.25) is 0 Å². The summed E-state index contributed by atoms with van der Waals surface area (Å²) in [6.07, 6.45) is 2.22. The van der Waals surface area contributed by atoms with Gasteiger partial charge in [0.1, 0.15) is 4.88 Å². The lowest BCUT2D eigenvalue weighted by molar-refractivity contribution is 0.0606. The van der Waals surface area contributed by atoms with E-state index >= 15 is 0 Å². The summed E-state index contributed by atoms with van der Waals surface area (Å²) >= 11 is 0.799. The van der Waals surface area contributed by atoms with Crippen LogP contribution in [0.2, 0.25) is 0 Å². The highest BCUT2D eigenvalue weighted by atomic mass is 32.2. The van der Waals surface area contributed by atoms with Crippen molar-refractivity contribution in [3.8, 4) is 0 Å². The summed E-state index contributed by atoms with van der Waals surface area (Å²) in [5, 5.41) is 0. The molecule has 0 unspecified atom stereocenters. The summed E-state index contributed by atoms with van der Waals surface area (Å²) in [6, 6.07) is 0. The normalized spacial score (nSPS) is 11.2. The molecule has 0 radical (unpaired) electrons. The Morgan fingerprint density at radius 1 is 1.62 bits per heavy atom. The first-order valence-electron chi connectivity index (χ1n) is 3.19. The van der Waals surface area contributed by atoms with E-state index in [4.69, 9.17) is 0 Å². The lowest BCUT2D eigenvalue weighted by Gasteiger charge is -1.90. The minimum absolute atomic E-state index is 0.0760. The molecule has 1 aromatic rings. The van der Waals surface area contributed by atoms with Gasteiger partial charge in [0.2, 0.25) is 14.2 Å². The van der Waals surface area contributed by atoms with E-state index in [9.17, 15) is 13.2 Å². The van der Waals surface area contributed by atoms with Gasteiger partial charge in [-0.05, 0) is 0 Å². The van der Waals surface area contributed by atoms with Crippen molar-refractivity contribution in [1.29, 1.82) is 0 Å². The third-order valence-electron chi connectivity index (χ3n) is 1.19. The number of rotatable bonds is 2. The fourth-order valence-electron chi connectivity index (χ4n) is 0.624. The molecule has 0 saturated carbocycles. The number of hydrogen-bond donors (Lipinski definition) is 0. The molecule has 0 amide bonds. The highest BCUT2D eigenvalue weighted by Crippen LogP contribution is 2.18. The molecule has 13 heavy (non-hydrogen) atoms. The van der Waals surface area contributed by atoms with Gasteiger partial charge in [-0.25, -0.2) is 18.2 Å². The SMILES string of the molecule is COC(=O)c1cnc(S(C)(=O)=O)s1. The van der Waals surface area contributed by atoms with E-state index in [1.54, 1.807) is 0 Å². The number of aromatic nitrogens is 1. The molecule has 0 atom stereocenters. The van der Waals surface area contributed by atoms with Crippen LogP contribution in [0.25, 0.3) is 0 Å². The van der Waals surface area contributed by atoms with Crippen molar-refractivity contribution in [3.05, 3.63) is 11.1 Å². The van der Waals surface area contributed by atoms with E-state index in [0.29, 0.717) is 0 Å². The lowest BCUT2D eigenvalue weighted by Crippen LogP contribution is -1.97. The maximum absolute atomic E-state index is 11.0. The zero-order valence-electron chi connectivity index (χ0n) is 6.97. The fraction of sp³-hybridized carbons (Fsp3) is 0.333. The molecule has 5 nitrogen and oxygen atoms in total. The molecule has 0 bridgehead atoms. The highest BCUT2D eigenvalue weighted by molar-refractivity contribution is 7.92. The predicted molar refractivity (Wildman–Crippen MR) is 46.6 cm³/mol. The molecule has 0 aliphatic rings. The number of carbonyl (C=O) groups is 1. The summed E-state index contributed by atoms with van der Waals surface area (Å²) < 4.78 is 26.2. The van der Waals surface area contributed by atoms with E-state index in [0.717, 1.165) is 17.6 Å². The van der Waals surface area contributed by atoms with Crippen molar-refractivity contribution in [2.24, 2.45) is 0 Å². The van der Waals surface area contributed by atoms with Gasteiger partial charge in [-0.1, -0.05) is 11.3 Å². The average Bonchev–Trinajstić information content (AvgIpc) is 2.50. The number of esters is 1. The molecular weight excluding hydrogens is 214 g/mol. The van der Waals surface area contributed by atoms with Crippen molar-refractivity contribution in [1.82, 2.24) is 4.98 Å². The molecule has 0 spiro atoms. The second kappa shape index (κ2) is 3.43. The molecule has 0 fully saturated rings. The molecule has 0 N–H and O–H groups in total. The van der Waals surface area contributed by atoms with Crippen LogP contribution in [0, 0.1) is 0 Å². The molecule has 72 valence electrons. The van der Waals surface area contributed by atoms with Crippen LogP contribution in [0.1, 0.15) is 9.67 Å². The maximum Gasteiger partial charge on any atom is 0.349 e. The molecule has 1 aromatic heterocycles. The Hall–Kier alpha value is -0.950. The second-order valence-electron chi connectivity index (χ2n) is 2.25. The zero-order valence-corrected chi connectivity index (χ0v) is 8.61. The average molecular weight is 221 g/mol. The van der Waals surface area contributed by atoms with Gasteiger partial charge < -0.3 is 4.74 Å². The molecule has 0 aliphatic heterocycles. The first-order chi connectivity index (χ1) is 5.95. The fourth-order valence-corrected chi connectivity index (χ4v) is 2.31.